The van der Waals surface area contributed by atoms with Gasteiger partial charge < -0.3 is 20.3 Å². The number of hydrogen-bond acceptors (Lipinski definition) is 4. The number of amides is 1. The molecule has 0 fully saturated rings. The van der Waals surface area contributed by atoms with Crippen molar-refractivity contribution in [2.75, 3.05) is 18.4 Å². The number of nitrogens with zero attached hydrogens (tertiary/aromatic N) is 2. The Morgan fingerprint density at radius 2 is 1.94 bits per heavy atom. The first-order chi connectivity index (χ1) is 16.0. The van der Waals surface area contributed by atoms with Gasteiger partial charge in [-0.2, -0.15) is 13.2 Å². The first kappa shape index (κ1) is 25.9. The normalized spacial score (nSPS) is 12.4. The van der Waals surface area contributed by atoms with Gasteiger partial charge in [0.15, 0.2) is 0 Å². The molecule has 3 N–H and O–H groups in total. The third kappa shape index (κ3) is 6.88. The Bertz CT molecular complexity index is 1130. The lowest BCUT2D eigenvalue weighted by atomic mass is 10.0. The van der Waals surface area contributed by atoms with Crippen LogP contribution in [-0.2, 0) is 12.7 Å². The smallest absolute Gasteiger partial charge is 0.392 e. The van der Waals surface area contributed by atoms with Crippen molar-refractivity contribution in [3.8, 4) is 11.1 Å². The lowest BCUT2D eigenvalue weighted by Gasteiger charge is -2.09. The highest BCUT2D eigenvalue weighted by molar-refractivity contribution is 6.36. The van der Waals surface area contributed by atoms with Crippen LogP contribution in [0.4, 0.5) is 19.0 Å². The topological polar surface area (TPSA) is 79.2 Å². The number of pyridine rings is 1. The number of aliphatic hydroxyl groups excluding tert-OH is 1. The molecule has 1 aromatic carbocycles. The van der Waals surface area contributed by atoms with E-state index in [1.165, 1.54) is 6.07 Å². The molecule has 0 bridgehead atoms. The quantitative estimate of drug-likeness (QED) is 0.330. The molecule has 1 atom stereocenters. The molecule has 34 heavy (non-hydrogen) atoms. The van der Waals surface area contributed by atoms with Crippen molar-refractivity contribution in [3.05, 3.63) is 70.1 Å². The van der Waals surface area contributed by atoms with Crippen molar-refractivity contribution in [1.82, 2.24) is 14.9 Å². The monoisotopic (exact) mass is 514 g/mol. The first-order valence-corrected chi connectivity index (χ1v) is 11.2. The van der Waals surface area contributed by atoms with Gasteiger partial charge in [-0.1, -0.05) is 29.3 Å². The van der Waals surface area contributed by atoms with Gasteiger partial charge in [0, 0.05) is 59.4 Å². The molecule has 0 spiro atoms. The van der Waals surface area contributed by atoms with Crippen LogP contribution < -0.4 is 10.6 Å². The summed E-state index contributed by atoms with van der Waals surface area (Å²) in [5, 5.41) is 16.0. The molecular weight excluding hydrogens is 492 g/mol. The zero-order chi connectivity index (χ0) is 24.9. The van der Waals surface area contributed by atoms with Crippen molar-refractivity contribution in [2.45, 2.75) is 32.2 Å². The third-order valence-corrected chi connectivity index (χ3v) is 5.44. The minimum Gasteiger partial charge on any atom is -0.392 e. The summed E-state index contributed by atoms with van der Waals surface area (Å²) in [5.41, 5.74) is 0.837. The average Bonchev–Trinajstić information content (AvgIpc) is 3.18. The predicted octanol–water partition coefficient (Wildman–Crippen LogP) is 5.49. The van der Waals surface area contributed by atoms with Crippen molar-refractivity contribution in [1.29, 1.82) is 0 Å². The summed E-state index contributed by atoms with van der Waals surface area (Å²) < 4.78 is 39.8. The molecular formula is C23H23Cl2F3N4O2. The number of aryl methyl sites for hydroxylation is 1. The number of alkyl halides is 3. The summed E-state index contributed by atoms with van der Waals surface area (Å²) in [7, 11) is 0. The second-order valence-corrected chi connectivity index (χ2v) is 8.56. The van der Waals surface area contributed by atoms with Crippen LogP contribution in [0.5, 0.6) is 0 Å². The molecule has 6 nitrogen and oxygen atoms in total. The highest BCUT2D eigenvalue weighted by atomic mass is 35.5. The summed E-state index contributed by atoms with van der Waals surface area (Å²) in [6.45, 7) is 2.65. The number of aliphatic hydroxyl groups is 1. The number of halogens is 5. The van der Waals surface area contributed by atoms with Crippen LogP contribution in [0.2, 0.25) is 10.0 Å². The summed E-state index contributed by atoms with van der Waals surface area (Å²) in [4.78, 5) is 16.5. The van der Waals surface area contributed by atoms with E-state index in [0.717, 1.165) is 12.3 Å². The minimum atomic E-state index is -4.43. The van der Waals surface area contributed by atoms with Crippen LogP contribution in [0.1, 0.15) is 29.3 Å². The first-order valence-electron chi connectivity index (χ1n) is 10.4. The molecule has 0 aliphatic rings. The lowest BCUT2D eigenvalue weighted by molar-refractivity contribution is -0.137. The van der Waals surface area contributed by atoms with E-state index in [9.17, 15) is 23.1 Å². The van der Waals surface area contributed by atoms with Crippen LogP contribution >= 0.6 is 23.2 Å². The fourth-order valence-electron chi connectivity index (χ4n) is 3.22. The van der Waals surface area contributed by atoms with Gasteiger partial charge >= 0.3 is 6.18 Å². The Morgan fingerprint density at radius 1 is 1.18 bits per heavy atom. The SMILES string of the molecule is C[C@H](O)CNC(=O)c1cn(CCCNc2ccc(C(F)(F)F)cn2)cc1-c1ccc(Cl)cc1Cl. The van der Waals surface area contributed by atoms with Gasteiger partial charge in [0.25, 0.3) is 5.91 Å². The second-order valence-electron chi connectivity index (χ2n) is 7.72. The van der Waals surface area contributed by atoms with E-state index in [1.807, 2.05) is 4.57 Å². The number of carbonyl (C=O) groups excluding carboxylic acids is 1. The molecule has 0 radical (unpaired) electrons. The standard InChI is InChI=1S/C23H23Cl2F3N4O2/c1-14(33)10-31-22(34)19-13-32(12-18(19)17-5-4-16(24)9-20(17)25)8-2-7-29-21-6-3-15(11-30-21)23(26,27)28/h3-6,9,11-14,33H,2,7-8,10H2,1H3,(H,29,30)(H,31,34)/t14-/m0/s1. The maximum absolute atomic E-state index is 12.7. The van der Waals surface area contributed by atoms with Crippen molar-refractivity contribution >= 4 is 34.9 Å². The van der Waals surface area contributed by atoms with Crippen molar-refractivity contribution in [3.63, 3.8) is 0 Å². The van der Waals surface area contributed by atoms with Gasteiger partial charge in [-0.05, 0) is 37.6 Å². The Morgan fingerprint density at radius 3 is 2.56 bits per heavy atom. The Hall–Kier alpha value is -2.75. The van der Waals surface area contributed by atoms with Crippen LogP contribution in [0.3, 0.4) is 0 Å². The molecule has 0 saturated heterocycles. The zero-order valence-electron chi connectivity index (χ0n) is 18.2. The molecule has 0 saturated carbocycles. The number of nitrogens with one attached hydrogen (secondary N) is 2. The maximum Gasteiger partial charge on any atom is 0.417 e. The third-order valence-electron chi connectivity index (χ3n) is 4.89. The van der Waals surface area contributed by atoms with E-state index in [0.29, 0.717) is 52.1 Å². The molecule has 0 aliphatic heterocycles. The van der Waals surface area contributed by atoms with Crippen LogP contribution in [0.15, 0.2) is 48.9 Å². The minimum absolute atomic E-state index is 0.0991. The van der Waals surface area contributed by atoms with Gasteiger partial charge in [0.2, 0.25) is 0 Å². The van der Waals surface area contributed by atoms with Gasteiger partial charge in [-0.3, -0.25) is 4.79 Å². The molecule has 182 valence electrons. The Balaban J connectivity index is 1.69. The summed E-state index contributed by atoms with van der Waals surface area (Å²) >= 11 is 12.4. The number of anilines is 1. The van der Waals surface area contributed by atoms with E-state index >= 15 is 0 Å². The molecule has 3 aromatic rings. The number of aromatic nitrogens is 2. The van der Waals surface area contributed by atoms with E-state index in [4.69, 9.17) is 23.2 Å². The highest BCUT2D eigenvalue weighted by Gasteiger charge is 2.30. The van der Waals surface area contributed by atoms with Crippen molar-refractivity contribution < 1.29 is 23.1 Å². The summed E-state index contributed by atoms with van der Waals surface area (Å²) in [6.07, 6.45) is -0.242. The largest absolute Gasteiger partial charge is 0.417 e. The van der Waals surface area contributed by atoms with Crippen LogP contribution in [0, 0.1) is 0 Å². The van der Waals surface area contributed by atoms with Gasteiger partial charge in [0.1, 0.15) is 5.82 Å². The second kappa shape index (κ2) is 11.1. The molecule has 3 rings (SSSR count). The summed E-state index contributed by atoms with van der Waals surface area (Å²) in [6, 6.07) is 7.26. The number of carbonyl (C=O) groups is 1. The van der Waals surface area contributed by atoms with E-state index < -0.39 is 17.8 Å². The Kier molecular flexibility index (Phi) is 8.46. The van der Waals surface area contributed by atoms with Gasteiger partial charge in [-0.25, -0.2) is 4.98 Å². The fourth-order valence-corrected chi connectivity index (χ4v) is 3.73. The van der Waals surface area contributed by atoms with E-state index in [-0.39, 0.29) is 12.5 Å². The highest BCUT2D eigenvalue weighted by Crippen LogP contribution is 2.33. The van der Waals surface area contributed by atoms with Crippen LogP contribution in [0.25, 0.3) is 11.1 Å². The number of hydrogen-bond donors (Lipinski definition) is 3. The lowest BCUT2D eigenvalue weighted by Crippen LogP contribution is -2.30. The fraction of sp³-hybridized carbons (Fsp3) is 0.304. The molecule has 2 heterocycles. The molecule has 11 heteroatoms. The predicted molar refractivity (Wildman–Crippen MR) is 126 cm³/mol. The van der Waals surface area contributed by atoms with E-state index in [1.54, 1.807) is 37.5 Å². The number of rotatable bonds is 9. The van der Waals surface area contributed by atoms with E-state index in [2.05, 4.69) is 15.6 Å². The Labute approximate surface area is 204 Å². The maximum atomic E-state index is 12.7. The molecule has 2 aromatic heterocycles. The number of benzene rings is 1. The zero-order valence-corrected chi connectivity index (χ0v) is 19.7. The van der Waals surface area contributed by atoms with Crippen molar-refractivity contribution in [2.24, 2.45) is 0 Å². The van der Waals surface area contributed by atoms with Gasteiger partial charge in [0.05, 0.1) is 17.2 Å². The molecule has 0 aliphatic carbocycles. The van der Waals surface area contributed by atoms with Crippen LogP contribution in [-0.4, -0.2) is 39.8 Å². The summed E-state index contributed by atoms with van der Waals surface area (Å²) in [5.74, 6) is -0.0138. The average molecular weight is 515 g/mol. The molecule has 0 unspecified atom stereocenters. The molecule has 1 amide bonds. The van der Waals surface area contributed by atoms with Gasteiger partial charge in [-0.15, -0.1) is 0 Å².